The molecule has 2 heteroatoms. The van der Waals surface area contributed by atoms with E-state index in [-0.39, 0.29) is 12.0 Å². The van der Waals surface area contributed by atoms with Gasteiger partial charge >= 0.3 is 0 Å². The van der Waals surface area contributed by atoms with Gasteiger partial charge in [-0.2, -0.15) is 0 Å². The maximum atomic E-state index is 9.69. The molecule has 0 spiro atoms. The SMILES string of the molecule is CCCC(O)C(C(C)C)C(C)O. The Kier molecular flexibility index (Phi) is 5.51. The van der Waals surface area contributed by atoms with Gasteiger partial charge in [-0.3, -0.25) is 0 Å². The first kappa shape index (κ1) is 11.9. The predicted octanol–water partition coefficient (Wildman–Crippen LogP) is 1.80. The van der Waals surface area contributed by atoms with E-state index in [1.165, 1.54) is 0 Å². The van der Waals surface area contributed by atoms with Crippen LogP contribution in [0.3, 0.4) is 0 Å². The molecule has 0 aromatic heterocycles. The largest absolute Gasteiger partial charge is 0.393 e. The molecule has 2 N–H and O–H groups in total. The zero-order valence-electron chi connectivity index (χ0n) is 8.62. The topological polar surface area (TPSA) is 40.5 Å². The van der Waals surface area contributed by atoms with E-state index in [9.17, 15) is 10.2 Å². The van der Waals surface area contributed by atoms with Crippen LogP contribution in [0.2, 0.25) is 0 Å². The van der Waals surface area contributed by atoms with Gasteiger partial charge in [-0.1, -0.05) is 27.2 Å². The molecule has 0 aromatic carbocycles. The van der Waals surface area contributed by atoms with Crippen LogP contribution in [0.15, 0.2) is 0 Å². The second-order valence-corrected chi connectivity index (χ2v) is 3.92. The van der Waals surface area contributed by atoms with Crippen LogP contribution >= 0.6 is 0 Å². The van der Waals surface area contributed by atoms with Crippen molar-refractivity contribution in [1.29, 1.82) is 0 Å². The van der Waals surface area contributed by atoms with Gasteiger partial charge in [-0.05, 0) is 19.3 Å². The molecular formula is C10H22O2. The van der Waals surface area contributed by atoms with E-state index in [1.54, 1.807) is 6.92 Å². The average Bonchev–Trinajstić information content (AvgIpc) is 1.85. The van der Waals surface area contributed by atoms with Crippen molar-refractivity contribution in [1.82, 2.24) is 0 Å². The molecular weight excluding hydrogens is 152 g/mol. The molecule has 3 atom stereocenters. The van der Waals surface area contributed by atoms with Crippen LogP contribution in [0, 0.1) is 11.8 Å². The van der Waals surface area contributed by atoms with Gasteiger partial charge in [0, 0.05) is 5.92 Å². The lowest BCUT2D eigenvalue weighted by molar-refractivity contribution is -0.00673. The van der Waals surface area contributed by atoms with Crippen LogP contribution in [0.5, 0.6) is 0 Å². The van der Waals surface area contributed by atoms with E-state index >= 15 is 0 Å². The summed E-state index contributed by atoms with van der Waals surface area (Å²) in [4.78, 5) is 0. The minimum Gasteiger partial charge on any atom is -0.393 e. The minimum atomic E-state index is -0.411. The standard InChI is InChI=1S/C10H22O2/c1-5-6-9(12)10(7(2)3)8(4)11/h7-12H,5-6H2,1-4H3. The van der Waals surface area contributed by atoms with Crippen molar-refractivity contribution < 1.29 is 10.2 Å². The molecule has 0 aliphatic carbocycles. The Morgan fingerprint density at radius 3 is 1.83 bits per heavy atom. The van der Waals surface area contributed by atoms with Gasteiger partial charge in [0.15, 0.2) is 0 Å². The van der Waals surface area contributed by atoms with Crippen molar-refractivity contribution >= 4 is 0 Å². The fourth-order valence-electron chi connectivity index (χ4n) is 1.81. The lowest BCUT2D eigenvalue weighted by Crippen LogP contribution is -2.33. The minimum absolute atomic E-state index is 0.0185. The molecule has 0 fully saturated rings. The number of hydrogen-bond donors (Lipinski definition) is 2. The lowest BCUT2D eigenvalue weighted by Gasteiger charge is -2.28. The van der Waals surface area contributed by atoms with Gasteiger partial charge in [-0.25, -0.2) is 0 Å². The average molecular weight is 174 g/mol. The molecule has 0 bridgehead atoms. The smallest absolute Gasteiger partial charge is 0.0595 e. The zero-order chi connectivity index (χ0) is 9.72. The van der Waals surface area contributed by atoms with Gasteiger partial charge < -0.3 is 10.2 Å². The van der Waals surface area contributed by atoms with Gasteiger partial charge in [0.25, 0.3) is 0 Å². The Labute approximate surface area is 75.6 Å². The molecule has 0 rings (SSSR count). The Balaban J connectivity index is 4.09. The maximum Gasteiger partial charge on any atom is 0.0595 e. The summed E-state index contributed by atoms with van der Waals surface area (Å²) in [6.07, 6.45) is 0.992. The summed E-state index contributed by atoms with van der Waals surface area (Å²) in [7, 11) is 0. The monoisotopic (exact) mass is 174 g/mol. The van der Waals surface area contributed by atoms with Crippen LogP contribution < -0.4 is 0 Å². The van der Waals surface area contributed by atoms with Crippen LogP contribution in [0.25, 0.3) is 0 Å². The highest BCUT2D eigenvalue weighted by Gasteiger charge is 2.26. The Hall–Kier alpha value is -0.0800. The normalized spacial score (nSPS) is 19.2. The molecule has 12 heavy (non-hydrogen) atoms. The van der Waals surface area contributed by atoms with E-state index in [0.29, 0.717) is 5.92 Å². The van der Waals surface area contributed by atoms with Crippen molar-refractivity contribution in [3.8, 4) is 0 Å². The number of aliphatic hydroxyl groups excluding tert-OH is 2. The van der Waals surface area contributed by atoms with Crippen molar-refractivity contribution in [2.24, 2.45) is 11.8 Å². The highest BCUT2D eigenvalue weighted by Crippen LogP contribution is 2.22. The number of rotatable bonds is 5. The Bertz CT molecular complexity index is 102. The third-order valence-electron chi connectivity index (χ3n) is 2.36. The lowest BCUT2D eigenvalue weighted by atomic mass is 9.84. The summed E-state index contributed by atoms with van der Waals surface area (Å²) in [5, 5.41) is 19.1. The predicted molar refractivity (Wildman–Crippen MR) is 50.9 cm³/mol. The Morgan fingerprint density at radius 2 is 1.58 bits per heavy atom. The first-order valence-electron chi connectivity index (χ1n) is 4.86. The van der Waals surface area contributed by atoms with E-state index in [0.717, 1.165) is 12.8 Å². The van der Waals surface area contributed by atoms with Crippen LogP contribution in [-0.4, -0.2) is 22.4 Å². The number of hydrogen-bond acceptors (Lipinski definition) is 2. The molecule has 0 aliphatic rings. The van der Waals surface area contributed by atoms with Crippen molar-refractivity contribution in [3.63, 3.8) is 0 Å². The van der Waals surface area contributed by atoms with Gasteiger partial charge in [0.1, 0.15) is 0 Å². The van der Waals surface area contributed by atoms with E-state index < -0.39 is 6.10 Å². The van der Waals surface area contributed by atoms with E-state index in [1.807, 2.05) is 20.8 Å². The Morgan fingerprint density at radius 1 is 1.08 bits per heavy atom. The second kappa shape index (κ2) is 5.55. The summed E-state index contributed by atoms with van der Waals surface area (Å²) in [6, 6.07) is 0. The van der Waals surface area contributed by atoms with Crippen LogP contribution in [0.4, 0.5) is 0 Å². The maximum absolute atomic E-state index is 9.69. The third kappa shape index (κ3) is 3.55. The molecule has 74 valence electrons. The summed E-state index contributed by atoms with van der Waals surface area (Å²) in [5.41, 5.74) is 0. The molecule has 0 radical (unpaired) electrons. The van der Waals surface area contributed by atoms with E-state index in [4.69, 9.17) is 0 Å². The van der Waals surface area contributed by atoms with Crippen LogP contribution in [0.1, 0.15) is 40.5 Å². The third-order valence-corrected chi connectivity index (χ3v) is 2.36. The fraction of sp³-hybridized carbons (Fsp3) is 1.00. The molecule has 0 aromatic rings. The molecule has 0 amide bonds. The van der Waals surface area contributed by atoms with Gasteiger partial charge in [0.2, 0.25) is 0 Å². The summed E-state index contributed by atoms with van der Waals surface area (Å²) >= 11 is 0. The zero-order valence-corrected chi connectivity index (χ0v) is 8.62. The quantitative estimate of drug-likeness (QED) is 0.667. The molecule has 2 nitrogen and oxygen atoms in total. The first-order chi connectivity index (χ1) is 5.50. The number of aliphatic hydroxyl groups is 2. The van der Waals surface area contributed by atoms with E-state index in [2.05, 4.69) is 0 Å². The summed E-state index contributed by atoms with van der Waals surface area (Å²) in [6.45, 7) is 7.87. The summed E-state index contributed by atoms with van der Waals surface area (Å²) < 4.78 is 0. The molecule has 0 saturated heterocycles. The highest BCUT2D eigenvalue weighted by molar-refractivity contribution is 4.75. The fourth-order valence-corrected chi connectivity index (χ4v) is 1.81. The van der Waals surface area contributed by atoms with Crippen molar-refractivity contribution in [2.75, 3.05) is 0 Å². The summed E-state index contributed by atoms with van der Waals surface area (Å²) in [5.74, 6) is 0.358. The second-order valence-electron chi connectivity index (χ2n) is 3.92. The molecule has 0 saturated carbocycles. The molecule has 0 heterocycles. The van der Waals surface area contributed by atoms with Gasteiger partial charge in [-0.15, -0.1) is 0 Å². The first-order valence-corrected chi connectivity index (χ1v) is 4.86. The molecule has 3 unspecified atom stereocenters. The van der Waals surface area contributed by atoms with Gasteiger partial charge in [0.05, 0.1) is 12.2 Å². The van der Waals surface area contributed by atoms with Crippen molar-refractivity contribution in [3.05, 3.63) is 0 Å². The molecule has 0 aliphatic heterocycles. The van der Waals surface area contributed by atoms with Crippen molar-refractivity contribution in [2.45, 2.75) is 52.7 Å². The van der Waals surface area contributed by atoms with Crippen LogP contribution in [-0.2, 0) is 0 Å². The highest BCUT2D eigenvalue weighted by atomic mass is 16.3.